The minimum Gasteiger partial charge on any atom is -0.336 e. The summed E-state index contributed by atoms with van der Waals surface area (Å²) in [5.41, 5.74) is 9.14. The molecule has 0 aliphatic heterocycles. The molecule has 0 saturated heterocycles. The monoisotopic (exact) mass is 520 g/mol. The Kier molecular flexibility index (Phi) is 6.20. The number of fused-ring (bicyclic) bond motifs is 6. The van der Waals surface area contributed by atoms with Crippen molar-refractivity contribution in [1.82, 2.24) is 9.13 Å². The minimum absolute atomic E-state index is 0.655. The van der Waals surface area contributed by atoms with E-state index in [4.69, 9.17) is 0 Å². The molecule has 1 atom stereocenters. The van der Waals surface area contributed by atoms with Gasteiger partial charge in [-0.25, -0.2) is 0 Å². The molecule has 0 saturated carbocycles. The third-order valence-electron chi connectivity index (χ3n) is 8.86. The Morgan fingerprint density at radius 3 is 1.50 bits per heavy atom. The van der Waals surface area contributed by atoms with Crippen LogP contribution in [0.1, 0.15) is 38.3 Å². The van der Waals surface area contributed by atoms with E-state index in [1.807, 2.05) is 0 Å². The third kappa shape index (κ3) is 4.10. The van der Waals surface area contributed by atoms with Crippen LogP contribution in [0.15, 0.2) is 115 Å². The van der Waals surface area contributed by atoms with Gasteiger partial charge >= 0.3 is 0 Å². The molecule has 0 aliphatic carbocycles. The number of rotatable bonds is 7. The van der Waals surface area contributed by atoms with Crippen LogP contribution in [-0.2, 0) is 13.0 Å². The first-order valence-electron chi connectivity index (χ1n) is 14.7. The molecule has 2 aromatic heterocycles. The lowest BCUT2D eigenvalue weighted by molar-refractivity contribution is 0.371. The fraction of sp³-hybridized carbons (Fsp3) is 0.211. The summed E-state index contributed by atoms with van der Waals surface area (Å²) in [5.74, 6) is 1.32. The van der Waals surface area contributed by atoms with Crippen molar-refractivity contribution in [2.24, 2.45) is 11.8 Å². The van der Waals surface area contributed by atoms with Crippen molar-refractivity contribution in [3.05, 3.63) is 126 Å². The lowest BCUT2D eigenvalue weighted by Gasteiger charge is -2.21. The summed E-state index contributed by atoms with van der Waals surface area (Å²) in [5, 5.41) is 5.26. The summed E-state index contributed by atoms with van der Waals surface area (Å²) >= 11 is 0. The van der Waals surface area contributed by atoms with Gasteiger partial charge in [-0.15, -0.1) is 0 Å². The van der Waals surface area contributed by atoms with Gasteiger partial charge in [-0.1, -0.05) is 106 Å². The molecule has 0 radical (unpaired) electrons. The van der Waals surface area contributed by atoms with Crippen molar-refractivity contribution in [3.63, 3.8) is 0 Å². The van der Waals surface area contributed by atoms with E-state index in [2.05, 4.69) is 145 Å². The van der Waals surface area contributed by atoms with Gasteiger partial charge in [0.1, 0.15) is 0 Å². The van der Waals surface area contributed by atoms with Gasteiger partial charge in [0.05, 0.1) is 11.0 Å². The Morgan fingerprint density at radius 2 is 1.00 bits per heavy atom. The van der Waals surface area contributed by atoms with Crippen LogP contribution in [0.5, 0.6) is 0 Å². The highest BCUT2D eigenvalue weighted by atomic mass is 15.0. The third-order valence-corrected chi connectivity index (χ3v) is 8.86. The van der Waals surface area contributed by atoms with Crippen LogP contribution in [0.2, 0.25) is 0 Å². The molecule has 7 rings (SSSR count). The van der Waals surface area contributed by atoms with Crippen molar-refractivity contribution in [3.8, 4) is 5.69 Å². The molecule has 5 aromatic carbocycles. The smallest absolute Gasteiger partial charge is 0.0541 e. The molecule has 2 heterocycles. The van der Waals surface area contributed by atoms with Crippen LogP contribution >= 0.6 is 0 Å². The number of benzene rings is 5. The topological polar surface area (TPSA) is 9.86 Å². The van der Waals surface area contributed by atoms with Crippen LogP contribution in [0, 0.1) is 11.8 Å². The zero-order chi connectivity index (χ0) is 27.2. The average Bonchev–Trinajstić information content (AvgIpc) is 3.49. The second-order valence-corrected chi connectivity index (χ2v) is 11.6. The summed E-state index contributed by atoms with van der Waals surface area (Å²) in [4.78, 5) is 0. The molecule has 40 heavy (non-hydrogen) atoms. The predicted molar refractivity (Wildman–Crippen MR) is 172 cm³/mol. The van der Waals surface area contributed by atoms with Crippen LogP contribution in [-0.4, -0.2) is 9.13 Å². The van der Waals surface area contributed by atoms with E-state index in [-0.39, 0.29) is 0 Å². The number of nitrogens with zero attached hydrogens (tertiary/aromatic N) is 2. The highest BCUT2D eigenvalue weighted by Gasteiger charge is 2.17. The normalized spacial score (nSPS) is 12.8. The summed E-state index contributed by atoms with van der Waals surface area (Å²) in [6.07, 6.45) is 2.29. The summed E-state index contributed by atoms with van der Waals surface area (Å²) in [7, 11) is 0. The maximum atomic E-state index is 2.50. The molecule has 0 fully saturated rings. The number of aromatic nitrogens is 2. The summed E-state index contributed by atoms with van der Waals surface area (Å²) in [6.45, 7) is 7.90. The SMILES string of the molecule is CCC(Cc1cc(Cn2c3ccccc3c3ccccc32)cc(-n2c3ccccc3c3ccccc32)c1)C(C)C. The first-order valence-corrected chi connectivity index (χ1v) is 14.7. The van der Waals surface area contributed by atoms with Crippen molar-refractivity contribution in [1.29, 1.82) is 0 Å². The fourth-order valence-corrected chi connectivity index (χ4v) is 6.79. The Labute approximate surface area is 236 Å². The minimum atomic E-state index is 0.655. The van der Waals surface area contributed by atoms with Crippen LogP contribution < -0.4 is 0 Å². The molecule has 0 N–H and O–H groups in total. The van der Waals surface area contributed by atoms with E-state index in [0.717, 1.165) is 13.0 Å². The van der Waals surface area contributed by atoms with E-state index in [0.29, 0.717) is 11.8 Å². The maximum absolute atomic E-state index is 2.50. The van der Waals surface area contributed by atoms with Gasteiger partial charge in [-0.05, 0) is 65.8 Å². The largest absolute Gasteiger partial charge is 0.336 e. The number of hydrogen-bond donors (Lipinski definition) is 0. The molecule has 0 amide bonds. The molecule has 0 spiro atoms. The van der Waals surface area contributed by atoms with E-state index >= 15 is 0 Å². The molecule has 0 bridgehead atoms. The molecule has 198 valence electrons. The van der Waals surface area contributed by atoms with Crippen molar-refractivity contribution < 1.29 is 0 Å². The van der Waals surface area contributed by atoms with E-state index < -0.39 is 0 Å². The lowest BCUT2D eigenvalue weighted by Crippen LogP contribution is -2.12. The van der Waals surface area contributed by atoms with Crippen molar-refractivity contribution in [2.75, 3.05) is 0 Å². The molecular formula is C38H36N2. The van der Waals surface area contributed by atoms with Gasteiger partial charge in [0.25, 0.3) is 0 Å². The van der Waals surface area contributed by atoms with Crippen LogP contribution in [0.4, 0.5) is 0 Å². The first kappa shape index (κ1) is 24.7. The lowest BCUT2D eigenvalue weighted by atomic mass is 9.86. The van der Waals surface area contributed by atoms with E-state index in [1.54, 1.807) is 0 Å². The Hall–Kier alpha value is -4.30. The summed E-state index contributed by atoms with van der Waals surface area (Å²) < 4.78 is 4.97. The molecule has 2 heteroatoms. The highest BCUT2D eigenvalue weighted by Crippen LogP contribution is 2.34. The highest BCUT2D eigenvalue weighted by molar-refractivity contribution is 6.09. The van der Waals surface area contributed by atoms with E-state index in [1.165, 1.54) is 66.8 Å². The standard InChI is InChI=1S/C38H36N2/c1-4-29(26(2)3)22-27-21-28(25-39-35-17-9-5-13-31(35)32-14-6-10-18-36(32)39)24-30(23-27)40-37-19-11-7-15-33(37)34-16-8-12-20-38(34)40/h5-21,23-24,26,29H,4,22,25H2,1-3H3. The van der Waals surface area contributed by atoms with Crippen LogP contribution in [0.3, 0.4) is 0 Å². The van der Waals surface area contributed by atoms with Crippen molar-refractivity contribution in [2.45, 2.75) is 40.2 Å². The predicted octanol–water partition coefficient (Wildman–Crippen LogP) is 10.2. The second kappa shape index (κ2) is 10.0. The Balaban J connectivity index is 1.45. The van der Waals surface area contributed by atoms with Crippen molar-refractivity contribution >= 4 is 43.6 Å². The van der Waals surface area contributed by atoms with Gasteiger partial charge in [0, 0.05) is 44.8 Å². The zero-order valence-electron chi connectivity index (χ0n) is 23.6. The van der Waals surface area contributed by atoms with E-state index in [9.17, 15) is 0 Å². The number of hydrogen-bond acceptors (Lipinski definition) is 0. The Bertz CT molecular complexity index is 1880. The maximum Gasteiger partial charge on any atom is 0.0541 e. The molecular weight excluding hydrogens is 484 g/mol. The van der Waals surface area contributed by atoms with Gasteiger partial charge in [0.15, 0.2) is 0 Å². The molecule has 2 nitrogen and oxygen atoms in total. The first-order chi connectivity index (χ1) is 19.6. The molecule has 1 unspecified atom stereocenters. The number of para-hydroxylation sites is 4. The van der Waals surface area contributed by atoms with Gasteiger partial charge in [0.2, 0.25) is 0 Å². The second-order valence-electron chi connectivity index (χ2n) is 11.6. The van der Waals surface area contributed by atoms with Gasteiger partial charge < -0.3 is 9.13 Å². The Morgan fingerprint density at radius 1 is 0.550 bits per heavy atom. The quantitative estimate of drug-likeness (QED) is 0.198. The van der Waals surface area contributed by atoms with Gasteiger partial charge in [-0.2, -0.15) is 0 Å². The van der Waals surface area contributed by atoms with Crippen LogP contribution in [0.25, 0.3) is 49.3 Å². The average molecular weight is 521 g/mol. The summed E-state index contributed by atoms with van der Waals surface area (Å²) in [6, 6.07) is 42.6. The molecule has 0 aliphatic rings. The zero-order valence-corrected chi connectivity index (χ0v) is 23.6. The molecule has 7 aromatic rings. The van der Waals surface area contributed by atoms with Gasteiger partial charge in [-0.3, -0.25) is 0 Å². The fourth-order valence-electron chi connectivity index (χ4n) is 6.79.